The van der Waals surface area contributed by atoms with Crippen LogP contribution in [0.3, 0.4) is 0 Å². The van der Waals surface area contributed by atoms with Gasteiger partial charge in [-0.1, -0.05) is 25.4 Å². The van der Waals surface area contributed by atoms with Crippen molar-refractivity contribution in [2.24, 2.45) is 0 Å². The van der Waals surface area contributed by atoms with Crippen molar-refractivity contribution in [3.63, 3.8) is 0 Å². The van der Waals surface area contributed by atoms with Crippen LogP contribution in [0.4, 0.5) is 21.7 Å². The fraction of sp³-hybridized carbons (Fsp3) is 0.333. The average Bonchev–Trinajstić information content (AvgIpc) is 2.43. The van der Waals surface area contributed by atoms with E-state index in [2.05, 4.69) is 34.4 Å². The lowest BCUT2D eigenvalue weighted by molar-refractivity contribution is 0.628. The Bertz CT molecular complexity index is 631. The van der Waals surface area contributed by atoms with Crippen molar-refractivity contribution in [3.8, 4) is 0 Å². The number of hydrogen-bond acceptors (Lipinski definition) is 4. The molecule has 0 saturated carbocycles. The van der Waals surface area contributed by atoms with E-state index in [1.807, 2.05) is 6.92 Å². The van der Waals surface area contributed by atoms with Crippen LogP contribution in [0.25, 0.3) is 0 Å². The van der Waals surface area contributed by atoms with Crippen LogP contribution in [0, 0.1) is 5.82 Å². The van der Waals surface area contributed by atoms with E-state index in [0.717, 1.165) is 17.9 Å². The van der Waals surface area contributed by atoms with E-state index in [9.17, 15) is 4.39 Å². The number of hydrogen-bond donors (Lipinski definition) is 2. The second-order valence-electron chi connectivity index (χ2n) is 4.92. The van der Waals surface area contributed by atoms with Gasteiger partial charge in [-0.2, -0.15) is 0 Å². The summed E-state index contributed by atoms with van der Waals surface area (Å²) in [6.45, 7) is 6.87. The van der Waals surface area contributed by atoms with Crippen LogP contribution in [0.2, 0.25) is 5.02 Å². The largest absolute Gasteiger partial charge is 0.370 e. The zero-order valence-electron chi connectivity index (χ0n) is 12.2. The quantitative estimate of drug-likeness (QED) is 0.849. The Morgan fingerprint density at radius 1 is 1.24 bits per heavy atom. The number of halogens is 2. The van der Waals surface area contributed by atoms with Gasteiger partial charge in [0.15, 0.2) is 0 Å². The van der Waals surface area contributed by atoms with Crippen LogP contribution < -0.4 is 10.6 Å². The summed E-state index contributed by atoms with van der Waals surface area (Å²) >= 11 is 6.09. The molecule has 0 atom stereocenters. The Balaban J connectivity index is 2.43. The summed E-state index contributed by atoms with van der Waals surface area (Å²) in [6.07, 6.45) is 1.47. The van der Waals surface area contributed by atoms with Gasteiger partial charge in [0, 0.05) is 12.1 Å². The third-order valence-electron chi connectivity index (χ3n) is 2.99. The third kappa shape index (κ3) is 3.61. The molecular formula is C15H18ClFN4. The molecular weight excluding hydrogens is 291 g/mol. The summed E-state index contributed by atoms with van der Waals surface area (Å²) < 4.78 is 13.4. The van der Waals surface area contributed by atoms with E-state index >= 15 is 0 Å². The van der Waals surface area contributed by atoms with Gasteiger partial charge >= 0.3 is 0 Å². The first-order valence-corrected chi connectivity index (χ1v) is 7.21. The van der Waals surface area contributed by atoms with Crippen molar-refractivity contribution < 1.29 is 4.39 Å². The normalized spacial score (nSPS) is 10.8. The molecule has 0 aliphatic carbocycles. The fourth-order valence-electron chi connectivity index (χ4n) is 2.07. The van der Waals surface area contributed by atoms with Gasteiger partial charge in [0.2, 0.25) is 0 Å². The summed E-state index contributed by atoms with van der Waals surface area (Å²) in [5.74, 6) is 1.25. The lowest BCUT2D eigenvalue weighted by atomic mass is 10.0. The summed E-state index contributed by atoms with van der Waals surface area (Å²) in [5, 5.41) is 6.75. The molecule has 1 heterocycles. The van der Waals surface area contributed by atoms with Gasteiger partial charge in [-0.25, -0.2) is 14.4 Å². The summed E-state index contributed by atoms with van der Waals surface area (Å²) in [7, 11) is 0. The predicted octanol–water partition coefficient (Wildman–Crippen LogP) is 4.57. The Morgan fingerprint density at radius 2 is 1.95 bits per heavy atom. The number of rotatable bonds is 5. The zero-order chi connectivity index (χ0) is 15.4. The Kier molecular flexibility index (Phi) is 4.96. The standard InChI is InChI=1S/C15H18ClFN4/c1-4-18-14-13(9(2)3)15(20-8-19-14)21-12-7-10(17)5-6-11(12)16/h5-9H,4H2,1-3H3,(H2,18,19,20,21). The van der Waals surface area contributed by atoms with Crippen LogP contribution in [0.5, 0.6) is 0 Å². The van der Waals surface area contributed by atoms with Gasteiger partial charge < -0.3 is 10.6 Å². The first-order chi connectivity index (χ1) is 10.0. The van der Waals surface area contributed by atoms with Gasteiger partial charge in [0.1, 0.15) is 23.8 Å². The third-order valence-corrected chi connectivity index (χ3v) is 3.32. The van der Waals surface area contributed by atoms with E-state index in [-0.39, 0.29) is 11.7 Å². The highest BCUT2D eigenvalue weighted by Gasteiger charge is 2.15. The topological polar surface area (TPSA) is 49.8 Å². The highest BCUT2D eigenvalue weighted by Crippen LogP contribution is 2.32. The molecule has 1 aromatic heterocycles. The van der Waals surface area contributed by atoms with Crippen molar-refractivity contribution in [2.45, 2.75) is 26.7 Å². The molecule has 0 unspecified atom stereocenters. The van der Waals surface area contributed by atoms with Gasteiger partial charge in [-0.3, -0.25) is 0 Å². The zero-order valence-corrected chi connectivity index (χ0v) is 13.0. The minimum atomic E-state index is -0.353. The van der Waals surface area contributed by atoms with E-state index in [4.69, 9.17) is 11.6 Å². The van der Waals surface area contributed by atoms with Gasteiger partial charge in [0.25, 0.3) is 0 Å². The molecule has 0 bridgehead atoms. The van der Waals surface area contributed by atoms with E-state index < -0.39 is 0 Å². The Hall–Kier alpha value is -1.88. The molecule has 0 aliphatic rings. The molecule has 1 aromatic carbocycles. The van der Waals surface area contributed by atoms with E-state index in [1.54, 1.807) is 0 Å². The molecule has 4 nitrogen and oxygen atoms in total. The molecule has 0 spiro atoms. The summed E-state index contributed by atoms with van der Waals surface area (Å²) in [4.78, 5) is 8.53. The Labute approximate surface area is 128 Å². The number of nitrogens with one attached hydrogen (secondary N) is 2. The molecule has 6 heteroatoms. The minimum Gasteiger partial charge on any atom is -0.370 e. The lowest BCUT2D eigenvalue weighted by Gasteiger charge is -2.18. The smallest absolute Gasteiger partial charge is 0.139 e. The first-order valence-electron chi connectivity index (χ1n) is 6.83. The summed E-state index contributed by atoms with van der Waals surface area (Å²) in [6, 6.07) is 4.18. The second-order valence-corrected chi connectivity index (χ2v) is 5.33. The van der Waals surface area contributed by atoms with Crippen molar-refractivity contribution in [3.05, 3.63) is 40.9 Å². The Morgan fingerprint density at radius 3 is 2.62 bits per heavy atom. The maximum atomic E-state index is 13.4. The van der Waals surface area contributed by atoms with Gasteiger partial charge in [-0.05, 0) is 31.0 Å². The van der Waals surface area contributed by atoms with Crippen LogP contribution in [0.15, 0.2) is 24.5 Å². The average molecular weight is 309 g/mol. The molecule has 2 aromatic rings. The van der Waals surface area contributed by atoms with Crippen molar-refractivity contribution >= 4 is 28.9 Å². The van der Waals surface area contributed by atoms with Crippen LogP contribution >= 0.6 is 11.6 Å². The number of nitrogens with zero attached hydrogens (tertiary/aromatic N) is 2. The molecule has 0 saturated heterocycles. The minimum absolute atomic E-state index is 0.204. The van der Waals surface area contributed by atoms with Crippen molar-refractivity contribution in [1.29, 1.82) is 0 Å². The molecule has 112 valence electrons. The van der Waals surface area contributed by atoms with Gasteiger partial charge in [0.05, 0.1) is 10.7 Å². The van der Waals surface area contributed by atoms with E-state index in [1.165, 1.54) is 24.5 Å². The number of anilines is 3. The maximum absolute atomic E-state index is 13.4. The molecule has 0 amide bonds. The van der Waals surface area contributed by atoms with Crippen LogP contribution in [-0.4, -0.2) is 16.5 Å². The molecule has 0 fully saturated rings. The van der Waals surface area contributed by atoms with Crippen molar-refractivity contribution in [1.82, 2.24) is 9.97 Å². The van der Waals surface area contributed by atoms with Crippen LogP contribution in [0.1, 0.15) is 32.3 Å². The number of aromatic nitrogens is 2. The molecule has 0 aliphatic heterocycles. The predicted molar refractivity (Wildman–Crippen MR) is 85.0 cm³/mol. The summed E-state index contributed by atoms with van der Waals surface area (Å²) in [5.41, 5.74) is 1.43. The molecule has 2 N–H and O–H groups in total. The van der Waals surface area contributed by atoms with E-state index in [0.29, 0.717) is 16.5 Å². The molecule has 2 rings (SSSR count). The second kappa shape index (κ2) is 6.72. The highest BCUT2D eigenvalue weighted by molar-refractivity contribution is 6.33. The monoisotopic (exact) mass is 308 g/mol. The maximum Gasteiger partial charge on any atom is 0.139 e. The van der Waals surface area contributed by atoms with Crippen molar-refractivity contribution in [2.75, 3.05) is 17.2 Å². The van der Waals surface area contributed by atoms with Gasteiger partial charge in [-0.15, -0.1) is 0 Å². The molecule has 21 heavy (non-hydrogen) atoms. The first kappa shape index (κ1) is 15.5. The fourth-order valence-corrected chi connectivity index (χ4v) is 2.24. The highest BCUT2D eigenvalue weighted by atomic mass is 35.5. The SMILES string of the molecule is CCNc1ncnc(Nc2cc(F)ccc2Cl)c1C(C)C. The van der Waals surface area contributed by atoms with Crippen LogP contribution in [-0.2, 0) is 0 Å². The lowest BCUT2D eigenvalue weighted by Crippen LogP contribution is -2.09. The number of benzene rings is 1. The molecule has 0 radical (unpaired) electrons.